The fourth-order valence-electron chi connectivity index (χ4n) is 4.63. The molecule has 8 nitrogen and oxygen atoms in total. The second-order valence-corrected chi connectivity index (χ2v) is 9.15. The maximum atomic E-state index is 13.6. The van der Waals surface area contributed by atoms with E-state index >= 15 is 0 Å². The molecule has 2 N–H and O–H groups in total. The third-order valence-corrected chi connectivity index (χ3v) is 6.71. The zero-order valence-electron chi connectivity index (χ0n) is 19.3. The number of anilines is 2. The van der Waals surface area contributed by atoms with Gasteiger partial charge in [0, 0.05) is 36.0 Å². The van der Waals surface area contributed by atoms with Crippen molar-refractivity contribution in [3.05, 3.63) is 59.6 Å². The second-order valence-electron chi connectivity index (χ2n) is 8.71. The molecular formula is C25H30ClN5O3. The van der Waals surface area contributed by atoms with Crippen LogP contribution in [0.25, 0.3) is 0 Å². The van der Waals surface area contributed by atoms with Crippen molar-refractivity contribution in [1.82, 2.24) is 15.1 Å². The Balaban J connectivity index is 1.48. The molecular weight excluding hydrogens is 454 g/mol. The molecule has 0 atom stereocenters. The summed E-state index contributed by atoms with van der Waals surface area (Å²) in [6.45, 7) is 3.83. The fraction of sp³-hybridized carbons (Fsp3) is 0.400. The lowest BCUT2D eigenvalue weighted by Gasteiger charge is -2.43. The molecule has 4 amide bonds. The third kappa shape index (κ3) is 4.97. The van der Waals surface area contributed by atoms with Gasteiger partial charge in [-0.3, -0.25) is 9.59 Å². The number of para-hydroxylation sites is 1. The lowest BCUT2D eigenvalue weighted by Crippen LogP contribution is -2.58. The highest BCUT2D eigenvalue weighted by atomic mass is 35.5. The zero-order chi connectivity index (χ0) is 24.1. The number of nitrogens with zero attached hydrogens (tertiary/aromatic N) is 3. The topological polar surface area (TPSA) is 85.0 Å². The number of benzene rings is 2. The summed E-state index contributed by atoms with van der Waals surface area (Å²) in [7, 11) is 0. The van der Waals surface area contributed by atoms with Gasteiger partial charge in [0.15, 0.2) is 0 Å². The van der Waals surface area contributed by atoms with Gasteiger partial charge in [0.1, 0.15) is 12.1 Å². The predicted octanol–water partition coefficient (Wildman–Crippen LogP) is 3.54. The van der Waals surface area contributed by atoms with Crippen LogP contribution in [0.15, 0.2) is 54.6 Å². The van der Waals surface area contributed by atoms with Crippen molar-refractivity contribution in [1.29, 1.82) is 0 Å². The van der Waals surface area contributed by atoms with Crippen molar-refractivity contribution in [3.8, 4) is 0 Å². The summed E-state index contributed by atoms with van der Waals surface area (Å²) in [5.74, 6) is -0.208. The SMILES string of the molecule is CCCNC(=O)CN1CN(c2ccccc2)C2(CCN(C(=O)Nc3ccc(Cl)cc3)CC2)C1=O. The summed E-state index contributed by atoms with van der Waals surface area (Å²) in [5, 5.41) is 6.35. The minimum absolute atomic E-state index is 0.0324. The standard InChI is InChI=1S/C25H30ClN5O3/c1-2-14-27-22(32)17-30-18-31(21-6-4-3-5-7-21)25(23(30)33)12-15-29(16-13-25)24(34)28-20-10-8-19(26)9-11-20/h3-11H,2,12-18H2,1H3,(H,27,32)(H,28,34). The van der Waals surface area contributed by atoms with E-state index in [1.165, 1.54) is 0 Å². The molecule has 2 fully saturated rings. The van der Waals surface area contributed by atoms with Crippen LogP contribution >= 0.6 is 11.6 Å². The normalized spacial score (nSPS) is 17.2. The second kappa shape index (κ2) is 10.3. The van der Waals surface area contributed by atoms with Gasteiger partial charge in [-0.2, -0.15) is 0 Å². The molecule has 0 radical (unpaired) electrons. The molecule has 2 aromatic rings. The van der Waals surface area contributed by atoms with Crippen molar-refractivity contribution >= 4 is 40.8 Å². The Bertz CT molecular complexity index is 1020. The van der Waals surface area contributed by atoms with Crippen LogP contribution < -0.4 is 15.5 Å². The summed E-state index contributed by atoms with van der Waals surface area (Å²) in [4.78, 5) is 44.3. The summed E-state index contributed by atoms with van der Waals surface area (Å²) >= 11 is 5.92. The maximum Gasteiger partial charge on any atom is 0.321 e. The molecule has 0 aromatic heterocycles. The largest absolute Gasteiger partial charge is 0.355 e. The van der Waals surface area contributed by atoms with Gasteiger partial charge in [0.25, 0.3) is 5.91 Å². The molecule has 2 heterocycles. The highest BCUT2D eigenvalue weighted by Gasteiger charge is 2.54. The average Bonchev–Trinajstić information content (AvgIpc) is 3.11. The Morgan fingerprint density at radius 3 is 2.35 bits per heavy atom. The number of amides is 4. The van der Waals surface area contributed by atoms with Crippen molar-refractivity contribution in [2.75, 3.05) is 43.1 Å². The number of hydrogen-bond donors (Lipinski definition) is 2. The van der Waals surface area contributed by atoms with E-state index in [-0.39, 0.29) is 24.4 Å². The molecule has 2 saturated heterocycles. The number of nitrogens with one attached hydrogen (secondary N) is 2. The fourth-order valence-corrected chi connectivity index (χ4v) is 4.76. The Hall–Kier alpha value is -3.26. The van der Waals surface area contributed by atoms with Gasteiger partial charge in [-0.15, -0.1) is 0 Å². The number of likely N-dealkylation sites (tertiary alicyclic amines) is 1. The number of halogens is 1. The van der Waals surface area contributed by atoms with Crippen molar-refractivity contribution in [2.24, 2.45) is 0 Å². The van der Waals surface area contributed by atoms with Crippen LogP contribution in [-0.4, -0.2) is 66.0 Å². The molecule has 9 heteroatoms. The molecule has 2 aliphatic heterocycles. The number of carbonyl (C=O) groups excluding carboxylic acids is 3. The van der Waals surface area contributed by atoms with E-state index < -0.39 is 5.54 Å². The quantitative estimate of drug-likeness (QED) is 0.658. The van der Waals surface area contributed by atoms with Gasteiger partial charge in [0.05, 0.1) is 6.67 Å². The van der Waals surface area contributed by atoms with Crippen LogP contribution in [0.3, 0.4) is 0 Å². The van der Waals surface area contributed by atoms with Gasteiger partial charge < -0.3 is 25.3 Å². The first-order valence-corrected chi connectivity index (χ1v) is 12.0. The molecule has 4 rings (SSSR count). The molecule has 34 heavy (non-hydrogen) atoms. The Labute approximate surface area is 204 Å². The van der Waals surface area contributed by atoms with Crippen LogP contribution in [0.5, 0.6) is 0 Å². The highest BCUT2D eigenvalue weighted by molar-refractivity contribution is 6.30. The average molecular weight is 484 g/mol. The van der Waals surface area contributed by atoms with Crippen LogP contribution in [0.4, 0.5) is 16.2 Å². The molecule has 2 aliphatic rings. The van der Waals surface area contributed by atoms with E-state index in [9.17, 15) is 14.4 Å². The smallest absolute Gasteiger partial charge is 0.321 e. The van der Waals surface area contributed by atoms with Crippen LogP contribution in [-0.2, 0) is 9.59 Å². The van der Waals surface area contributed by atoms with Gasteiger partial charge in [0.2, 0.25) is 5.91 Å². The lowest BCUT2D eigenvalue weighted by atomic mass is 9.85. The zero-order valence-corrected chi connectivity index (χ0v) is 20.1. The first-order valence-electron chi connectivity index (χ1n) is 11.6. The third-order valence-electron chi connectivity index (χ3n) is 6.46. The van der Waals surface area contributed by atoms with E-state index in [2.05, 4.69) is 15.5 Å². The van der Waals surface area contributed by atoms with E-state index in [1.54, 1.807) is 34.1 Å². The molecule has 0 aliphatic carbocycles. The van der Waals surface area contributed by atoms with Crippen LogP contribution in [0.1, 0.15) is 26.2 Å². The monoisotopic (exact) mass is 483 g/mol. The lowest BCUT2D eigenvalue weighted by molar-refractivity contribution is -0.137. The number of piperidine rings is 1. The number of urea groups is 1. The van der Waals surface area contributed by atoms with E-state index in [4.69, 9.17) is 11.6 Å². The van der Waals surface area contributed by atoms with E-state index in [1.807, 2.05) is 37.3 Å². The first kappa shape index (κ1) is 23.9. The molecule has 180 valence electrons. The maximum absolute atomic E-state index is 13.6. The predicted molar refractivity (Wildman–Crippen MR) is 133 cm³/mol. The van der Waals surface area contributed by atoms with E-state index in [0.29, 0.717) is 49.9 Å². The minimum Gasteiger partial charge on any atom is -0.355 e. The van der Waals surface area contributed by atoms with Crippen molar-refractivity contribution in [2.45, 2.75) is 31.7 Å². The molecule has 1 spiro atoms. The summed E-state index contributed by atoms with van der Waals surface area (Å²) in [6, 6.07) is 16.5. The van der Waals surface area contributed by atoms with E-state index in [0.717, 1.165) is 12.1 Å². The van der Waals surface area contributed by atoms with Crippen LogP contribution in [0, 0.1) is 0 Å². The highest BCUT2D eigenvalue weighted by Crippen LogP contribution is 2.39. The first-order chi connectivity index (χ1) is 16.4. The minimum atomic E-state index is -0.774. The Morgan fingerprint density at radius 1 is 1.03 bits per heavy atom. The van der Waals surface area contributed by atoms with Gasteiger partial charge >= 0.3 is 6.03 Å². The Kier molecular flexibility index (Phi) is 7.26. The molecule has 0 saturated carbocycles. The molecule has 0 bridgehead atoms. The summed E-state index contributed by atoms with van der Waals surface area (Å²) < 4.78 is 0. The van der Waals surface area contributed by atoms with Gasteiger partial charge in [-0.25, -0.2) is 4.79 Å². The Morgan fingerprint density at radius 2 is 1.71 bits per heavy atom. The van der Waals surface area contributed by atoms with Crippen molar-refractivity contribution < 1.29 is 14.4 Å². The number of carbonyl (C=O) groups is 3. The number of hydrogen-bond acceptors (Lipinski definition) is 4. The molecule has 2 aromatic carbocycles. The van der Waals surface area contributed by atoms with Crippen molar-refractivity contribution in [3.63, 3.8) is 0 Å². The van der Waals surface area contributed by atoms with Gasteiger partial charge in [-0.05, 0) is 55.7 Å². The van der Waals surface area contributed by atoms with Gasteiger partial charge in [-0.1, -0.05) is 36.7 Å². The van der Waals surface area contributed by atoms with Crippen LogP contribution in [0.2, 0.25) is 5.02 Å². The molecule has 0 unspecified atom stereocenters. The number of rotatable bonds is 6. The summed E-state index contributed by atoms with van der Waals surface area (Å²) in [6.07, 6.45) is 1.82. The summed E-state index contributed by atoms with van der Waals surface area (Å²) in [5.41, 5.74) is 0.830.